The summed E-state index contributed by atoms with van der Waals surface area (Å²) >= 11 is 0. The average molecular weight is 314 g/mol. The normalized spacial score (nSPS) is 27.3. The minimum atomic E-state index is 0.473. The number of piperazine rings is 1. The van der Waals surface area contributed by atoms with Crippen molar-refractivity contribution in [1.29, 1.82) is 0 Å². The van der Waals surface area contributed by atoms with Gasteiger partial charge in [-0.2, -0.15) is 0 Å². The summed E-state index contributed by atoms with van der Waals surface area (Å²) in [5.74, 6) is 1.56. The van der Waals surface area contributed by atoms with Crippen LogP contribution >= 0.6 is 0 Å². The smallest absolute Gasteiger partial charge is 0.225 e. The van der Waals surface area contributed by atoms with Gasteiger partial charge in [0.05, 0.1) is 6.04 Å². The molecule has 0 amide bonds. The Kier molecular flexibility index (Phi) is 3.83. The van der Waals surface area contributed by atoms with Crippen LogP contribution in [0.4, 0.5) is 5.95 Å². The van der Waals surface area contributed by atoms with Crippen molar-refractivity contribution >= 4 is 11.9 Å². The molecule has 3 fully saturated rings. The predicted octanol–water partition coefficient (Wildman–Crippen LogP) is 1.64. The van der Waals surface area contributed by atoms with E-state index >= 15 is 0 Å². The summed E-state index contributed by atoms with van der Waals surface area (Å²) in [6, 6.07) is 2.32. The molecular weight excluding hydrogens is 288 g/mol. The summed E-state index contributed by atoms with van der Waals surface area (Å²) in [6.45, 7) is 3.59. The number of nitrogens with two attached hydrogens (primary N) is 1. The van der Waals surface area contributed by atoms with Gasteiger partial charge in [0.2, 0.25) is 5.95 Å². The average Bonchev–Trinajstić information content (AvgIpc) is 3.12. The van der Waals surface area contributed by atoms with Crippen molar-refractivity contribution in [1.82, 2.24) is 14.9 Å². The number of hydrogen-bond acceptors (Lipinski definition) is 4. The first-order chi connectivity index (χ1) is 11.3. The second-order valence-corrected chi connectivity index (χ2v) is 7.13. The molecule has 0 radical (unpaired) electrons. The van der Waals surface area contributed by atoms with E-state index < -0.39 is 0 Å². The Bertz CT molecular complexity index is 558. The zero-order valence-corrected chi connectivity index (χ0v) is 13.7. The number of nitrogens with zero attached hydrogens (tertiary/aromatic N) is 5. The van der Waals surface area contributed by atoms with Crippen LogP contribution in [0, 0.1) is 5.41 Å². The molecule has 0 bridgehead atoms. The molecule has 23 heavy (non-hydrogen) atoms. The Labute approximate surface area is 137 Å². The van der Waals surface area contributed by atoms with Crippen LogP contribution in [0.5, 0.6) is 0 Å². The van der Waals surface area contributed by atoms with Gasteiger partial charge in [0, 0.05) is 38.6 Å². The number of anilines is 1. The van der Waals surface area contributed by atoms with Crippen molar-refractivity contribution in [2.45, 2.75) is 44.6 Å². The molecule has 3 aliphatic rings. The first kappa shape index (κ1) is 14.7. The minimum Gasteiger partial charge on any atom is -0.370 e. The van der Waals surface area contributed by atoms with Gasteiger partial charge in [0.15, 0.2) is 5.96 Å². The maximum Gasteiger partial charge on any atom is 0.225 e. The van der Waals surface area contributed by atoms with Crippen LogP contribution < -0.4 is 10.6 Å². The molecule has 6 heteroatoms. The lowest BCUT2D eigenvalue weighted by Crippen LogP contribution is -2.53. The Hall–Kier alpha value is -1.85. The molecule has 1 unspecified atom stereocenters. The Morgan fingerprint density at radius 3 is 2.39 bits per heavy atom. The lowest BCUT2D eigenvalue weighted by Gasteiger charge is -2.45. The van der Waals surface area contributed by atoms with Gasteiger partial charge in [0.25, 0.3) is 0 Å². The van der Waals surface area contributed by atoms with Crippen LogP contribution in [0.2, 0.25) is 0 Å². The van der Waals surface area contributed by atoms with Crippen LogP contribution in [0.25, 0.3) is 0 Å². The Morgan fingerprint density at radius 1 is 1.09 bits per heavy atom. The first-order valence-electron chi connectivity index (χ1n) is 8.87. The summed E-state index contributed by atoms with van der Waals surface area (Å²) in [7, 11) is 0. The quantitative estimate of drug-likeness (QED) is 0.664. The molecule has 0 aromatic carbocycles. The van der Waals surface area contributed by atoms with Gasteiger partial charge in [-0.05, 0) is 37.2 Å². The fourth-order valence-corrected chi connectivity index (χ4v) is 4.38. The molecular formula is C17H26N6. The monoisotopic (exact) mass is 314 g/mol. The zero-order valence-electron chi connectivity index (χ0n) is 13.7. The Morgan fingerprint density at radius 2 is 1.78 bits per heavy atom. The third kappa shape index (κ3) is 2.75. The van der Waals surface area contributed by atoms with E-state index in [4.69, 9.17) is 10.7 Å². The first-order valence-corrected chi connectivity index (χ1v) is 8.87. The van der Waals surface area contributed by atoms with Crippen LogP contribution in [-0.4, -0.2) is 53.0 Å². The third-order valence-electron chi connectivity index (χ3n) is 5.95. The number of aromatic nitrogens is 2. The van der Waals surface area contributed by atoms with Crippen molar-refractivity contribution in [3.8, 4) is 0 Å². The molecule has 1 aliphatic heterocycles. The van der Waals surface area contributed by atoms with E-state index in [0.29, 0.717) is 11.5 Å². The standard InChI is InChI=1S/C17H26N6/c18-15(21-14-4-7-17(14)5-1-2-6-17)22-10-12-23(13-11-22)16-19-8-3-9-20-16/h3,8-9,14H,1-2,4-7,10-13H2,(H2,18,21). The predicted molar refractivity (Wildman–Crippen MR) is 91.4 cm³/mol. The second kappa shape index (κ2) is 5.98. The van der Waals surface area contributed by atoms with Gasteiger partial charge in [-0.15, -0.1) is 0 Å². The largest absolute Gasteiger partial charge is 0.370 e. The van der Waals surface area contributed by atoms with Gasteiger partial charge < -0.3 is 15.5 Å². The summed E-state index contributed by atoms with van der Waals surface area (Å²) in [5.41, 5.74) is 6.82. The Balaban J connectivity index is 1.36. The third-order valence-corrected chi connectivity index (χ3v) is 5.95. The zero-order chi connectivity index (χ0) is 15.7. The molecule has 2 saturated carbocycles. The van der Waals surface area contributed by atoms with Gasteiger partial charge in [0.1, 0.15) is 0 Å². The van der Waals surface area contributed by atoms with Crippen molar-refractivity contribution in [3.63, 3.8) is 0 Å². The van der Waals surface area contributed by atoms with Crippen molar-refractivity contribution in [2.75, 3.05) is 31.1 Å². The number of rotatable bonds is 2. The molecule has 1 saturated heterocycles. The van der Waals surface area contributed by atoms with E-state index in [1.165, 1.54) is 38.5 Å². The highest BCUT2D eigenvalue weighted by molar-refractivity contribution is 5.78. The molecule has 124 valence electrons. The highest BCUT2D eigenvalue weighted by atomic mass is 15.4. The number of aliphatic imine (C=N–C) groups is 1. The molecule has 1 spiro atoms. The fraction of sp³-hybridized carbons (Fsp3) is 0.706. The van der Waals surface area contributed by atoms with Crippen molar-refractivity contribution in [2.24, 2.45) is 16.1 Å². The van der Waals surface area contributed by atoms with Gasteiger partial charge in [-0.1, -0.05) is 12.8 Å². The molecule has 2 N–H and O–H groups in total. The van der Waals surface area contributed by atoms with Gasteiger partial charge in [-0.25, -0.2) is 15.0 Å². The van der Waals surface area contributed by atoms with Crippen LogP contribution in [0.15, 0.2) is 23.5 Å². The van der Waals surface area contributed by atoms with Crippen LogP contribution in [0.1, 0.15) is 38.5 Å². The summed E-state index contributed by atoms with van der Waals surface area (Å²) in [4.78, 5) is 18.0. The molecule has 1 aromatic heterocycles. The summed E-state index contributed by atoms with van der Waals surface area (Å²) in [5, 5.41) is 0. The maximum absolute atomic E-state index is 6.32. The van der Waals surface area contributed by atoms with Crippen LogP contribution in [0.3, 0.4) is 0 Å². The molecule has 1 atom stereocenters. The van der Waals surface area contributed by atoms with E-state index in [1.54, 1.807) is 12.4 Å². The number of hydrogen-bond donors (Lipinski definition) is 1. The lowest BCUT2D eigenvalue weighted by molar-refractivity contribution is 0.103. The molecule has 2 aliphatic carbocycles. The SMILES string of the molecule is NC(=NC1CCC12CCCC2)N1CCN(c2ncccn2)CC1. The molecule has 6 nitrogen and oxygen atoms in total. The molecule has 1 aromatic rings. The maximum atomic E-state index is 6.32. The highest BCUT2D eigenvalue weighted by Crippen LogP contribution is 2.54. The number of guanidine groups is 1. The van der Waals surface area contributed by atoms with E-state index in [2.05, 4.69) is 19.8 Å². The van der Waals surface area contributed by atoms with Crippen molar-refractivity contribution in [3.05, 3.63) is 18.5 Å². The van der Waals surface area contributed by atoms with Crippen molar-refractivity contribution < 1.29 is 0 Å². The van der Waals surface area contributed by atoms with E-state index in [9.17, 15) is 0 Å². The molecule has 4 rings (SSSR count). The molecule has 2 heterocycles. The summed E-state index contributed by atoms with van der Waals surface area (Å²) < 4.78 is 0. The lowest BCUT2D eigenvalue weighted by atomic mass is 9.63. The van der Waals surface area contributed by atoms with E-state index in [0.717, 1.165) is 38.1 Å². The highest BCUT2D eigenvalue weighted by Gasteiger charge is 2.48. The van der Waals surface area contributed by atoms with E-state index in [1.807, 2.05) is 6.07 Å². The minimum absolute atomic E-state index is 0.473. The van der Waals surface area contributed by atoms with E-state index in [-0.39, 0.29) is 0 Å². The fourth-order valence-electron chi connectivity index (χ4n) is 4.38. The van der Waals surface area contributed by atoms with Gasteiger partial charge >= 0.3 is 0 Å². The van der Waals surface area contributed by atoms with Crippen LogP contribution in [-0.2, 0) is 0 Å². The topological polar surface area (TPSA) is 70.6 Å². The second-order valence-electron chi connectivity index (χ2n) is 7.13. The summed E-state index contributed by atoms with van der Waals surface area (Å²) in [6.07, 6.45) is 11.6. The van der Waals surface area contributed by atoms with Gasteiger partial charge in [-0.3, -0.25) is 0 Å².